The molecule has 1 aromatic rings. The molecule has 0 radical (unpaired) electrons. The first-order valence-electron chi connectivity index (χ1n) is 4.94. The molecule has 15 heavy (non-hydrogen) atoms. The number of aryl methyl sites for hydroxylation is 2. The van der Waals surface area contributed by atoms with E-state index in [0.29, 0.717) is 12.0 Å². The fourth-order valence-electron chi connectivity index (χ4n) is 1.25. The molecular formula is C11H16N2O2. The van der Waals surface area contributed by atoms with E-state index in [4.69, 9.17) is 4.74 Å². The molecule has 82 valence electrons. The first-order chi connectivity index (χ1) is 7.08. The molecule has 1 rings (SSSR count). The monoisotopic (exact) mass is 208 g/mol. The Bertz CT molecular complexity index is 369. The molecule has 1 atom stereocenters. The third kappa shape index (κ3) is 2.68. The molecule has 0 spiro atoms. The molecule has 0 bridgehead atoms. The lowest BCUT2D eigenvalue weighted by atomic mass is 10.2. The van der Waals surface area contributed by atoms with E-state index < -0.39 is 0 Å². The van der Waals surface area contributed by atoms with E-state index in [0.717, 1.165) is 5.69 Å². The van der Waals surface area contributed by atoms with Gasteiger partial charge < -0.3 is 4.74 Å². The van der Waals surface area contributed by atoms with Crippen molar-refractivity contribution in [3.8, 4) is 0 Å². The van der Waals surface area contributed by atoms with Crippen LogP contribution in [-0.2, 0) is 18.2 Å². The maximum absolute atomic E-state index is 11.7. The third-order valence-electron chi connectivity index (χ3n) is 2.08. The topological polar surface area (TPSA) is 44.1 Å². The van der Waals surface area contributed by atoms with E-state index in [1.165, 1.54) is 0 Å². The van der Waals surface area contributed by atoms with E-state index in [-0.39, 0.29) is 12.1 Å². The highest BCUT2D eigenvalue weighted by Gasteiger charge is 2.16. The summed E-state index contributed by atoms with van der Waals surface area (Å²) >= 11 is 0. The van der Waals surface area contributed by atoms with Crippen molar-refractivity contribution in [3.05, 3.63) is 30.1 Å². The highest BCUT2D eigenvalue weighted by Crippen LogP contribution is 2.10. The Labute approximate surface area is 89.5 Å². The molecule has 0 N–H and O–H groups in total. The minimum atomic E-state index is -0.340. The maximum atomic E-state index is 11.7. The quantitative estimate of drug-likeness (QED) is 0.559. The third-order valence-corrected chi connectivity index (χ3v) is 2.08. The van der Waals surface area contributed by atoms with Gasteiger partial charge in [-0.05, 0) is 13.3 Å². The second-order valence-electron chi connectivity index (χ2n) is 3.36. The van der Waals surface area contributed by atoms with Crippen molar-refractivity contribution in [2.24, 2.45) is 7.05 Å². The number of carbonyl (C=O) groups is 1. The van der Waals surface area contributed by atoms with Crippen molar-refractivity contribution in [2.75, 3.05) is 0 Å². The SMILES string of the molecule is C=C[C@@H](C)OC(=O)c1cn(C)nc1CC. The molecule has 0 aliphatic heterocycles. The second kappa shape index (κ2) is 4.77. The summed E-state index contributed by atoms with van der Waals surface area (Å²) in [5, 5.41) is 4.17. The fourth-order valence-corrected chi connectivity index (χ4v) is 1.25. The van der Waals surface area contributed by atoms with Gasteiger partial charge in [-0.3, -0.25) is 4.68 Å². The molecule has 0 aliphatic carbocycles. The van der Waals surface area contributed by atoms with Gasteiger partial charge in [-0.2, -0.15) is 5.10 Å². The number of hydrogen-bond donors (Lipinski definition) is 0. The molecular weight excluding hydrogens is 192 g/mol. The van der Waals surface area contributed by atoms with Crippen molar-refractivity contribution in [2.45, 2.75) is 26.4 Å². The highest BCUT2D eigenvalue weighted by atomic mass is 16.5. The van der Waals surface area contributed by atoms with Gasteiger partial charge in [-0.15, -0.1) is 0 Å². The van der Waals surface area contributed by atoms with Crippen LogP contribution in [0.1, 0.15) is 29.9 Å². The summed E-state index contributed by atoms with van der Waals surface area (Å²) in [6, 6.07) is 0. The highest BCUT2D eigenvalue weighted by molar-refractivity contribution is 5.90. The predicted octanol–water partition coefficient (Wildman–Crippen LogP) is 1.71. The first kappa shape index (κ1) is 11.5. The minimum absolute atomic E-state index is 0.276. The lowest BCUT2D eigenvalue weighted by Gasteiger charge is -2.07. The van der Waals surface area contributed by atoms with E-state index in [2.05, 4.69) is 11.7 Å². The van der Waals surface area contributed by atoms with Crippen molar-refractivity contribution in [3.63, 3.8) is 0 Å². The Morgan fingerprint density at radius 1 is 1.80 bits per heavy atom. The number of hydrogen-bond acceptors (Lipinski definition) is 3. The molecule has 0 amide bonds. The van der Waals surface area contributed by atoms with E-state index in [1.807, 2.05) is 6.92 Å². The van der Waals surface area contributed by atoms with Gasteiger partial charge in [-0.1, -0.05) is 19.6 Å². The normalized spacial score (nSPS) is 12.2. The Kier molecular flexibility index (Phi) is 3.66. The zero-order valence-electron chi connectivity index (χ0n) is 9.36. The lowest BCUT2D eigenvalue weighted by Crippen LogP contribution is -2.13. The van der Waals surface area contributed by atoms with Crippen LogP contribution in [0.15, 0.2) is 18.9 Å². The Balaban J connectivity index is 2.85. The maximum Gasteiger partial charge on any atom is 0.342 e. The van der Waals surface area contributed by atoms with Crippen molar-refractivity contribution in [1.29, 1.82) is 0 Å². The zero-order chi connectivity index (χ0) is 11.4. The summed E-state index contributed by atoms with van der Waals surface area (Å²) in [6.07, 6.45) is 3.70. The van der Waals surface area contributed by atoms with Gasteiger partial charge in [0.15, 0.2) is 0 Å². The number of nitrogens with zero attached hydrogens (tertiary/aromatic N) is 2. The molecule has 1 aromatic heterocycles. The van der Waals surface area contributed by atoms with Crippen LogP contribution in [0, 0.1) is 0 Å². The van der Waals surface area contributed by atoms with Gasteiger partial charge >= 0.3 is 5.97 Å². The average Bonchev–Trinajstić information content (AvgIpc) is 2.59. The number of esters is 1. The van der Waals surface area contributed by atoms with E-state index in [9.17, 15) is 4.79 Å². The summed E-state index contributed by atoms with van der Waals surface area (Å²) in [5.74, 6) is -0.340. The van der Waals surface area contributed by atoms with Gasteiger partial charge in [-0.25, -0.2) is 4.79 Å². The van der Waals surface area contributed by atoms with Crippen LogP contribution >= 0.6 is 0 Å². The number of rotatable bonds is 4. The second-order valence-corrected chi connectivity index (χ2v) is 3.36. The first-order valence-corrected chi connectivity index (χ1v) is 4.94. The van der Waals surface area contributed by atoms with Crippen molar-refractivity contribution < 1.29 is 9.53 Å². The van der Waals surface area contributed by atoms with Crippen LogP contribution in [0.25, 0.3) is 0 Å². The molecule has 0 aromatic carbocycles. The van der Waals surface area contributed by atoms with Crippen LogP contribution in [-0.4, -0.2) is 21.9 Å². The van der Waals surface area contributed by atoms with Crippen molar-refractivity contribution >= 4 is 5.97 Å². The van der Waals surface area contributed by atoms with Crippen LogP contribution in [0.2, 0.25) is 0 Å². The van der Waals surface area contributed by atoms with Crippen LogP contribution < -0.4 is 0 Å². The summed E-state index contributed by atoms with van der Waals surface area (Å²) in [7, 11) is 1.78. The summed E-state index contributed by atoms with van der Waals surface area (Å²) in [6.45, 7) is 7.28. The lowest BCUT2D eigenvalue weighted by molar-refractivity contribution is 0.0424. The fraction of sp³-hybridized carbons (Fsp3) is 0.455. The number of carbonyl (C=O) groups excluding carboxylic acids is 1. The summed E-state index contributed by atoms with van der Waals surface area (Å²) in [5.41, 5.74) is 1.30. The number of aromatic nitrogens is 2. The molecule has 0 unspecified atom stereocenters. The van der Waals surface area contributed by atoms with Gasteiger partial charge in [0, 0.05) is 13.2 Å². The summed E-state index contributed by atoms with van der Waals surface area (Å²) < 4.78 is 6.75. The van der Waals surface area contributed by atoms with Crippen LogP contribution in [0.5, 0.6) is 0 Å². The van der Waals surface area contributed by atoms with Gasteiger partial charge in [0.2, 0.25) is 0 Å². The van der Waals surface area contributed by atoms with Crippen LogP contribution in [0.3, 0.4) is 0 Å². The Morgan fingerprint density at radius 2 is 2.47 bits per heavy atom. The molecule has 4 nitrogen and oxygen atoms in total. The zero-order valence-corrected chi connectivity index (χ0v) is 9.36. The molecule has 0 saturated carbocycles. The molecule has 0 aliphatic rings. The smallest absolute Gasteiger partial charge is 0.342 e. The largest absolute Gasteiger partial charge is 0.455 e. The summed E-state index contributed by atoms with van der Waals surface area (Å²) in [4.78, 5) is 11.7. The van der Waals surface area contributed by atoms with E-state index in [1.54, 1.807) is 30.9 Å². The Hall–Kier alpha value is -1.58. The average molecular weight is 208 g/mol. The number of ether oxygens (including phenoxy) is 1. The minimum Gasteiger partial charge on any atom is -0.455 e. The van der Waals surface area contributed by atoms with Gasteiger partial charge in [0.25, 0.3) is 0 Å². The molecule has 0 fully saturated rings. The molecule has 4 heteroatoms. The van der Waals surface area contributed by atoms with Gasteiger partial charge in [0.05, 0.1) is 5.69 Å². The molecule has 1 heterocycles. The molecule has 0 saturated heterocycles. The van der Waals surface area contributed by atoms with Crippen molar-refractivity contribution in [1.82, 2.24) is 9.78 Å². The van der Waals surface area contributed by atoms with Gasteiger partial charge in [0.1, 0.15) is 11.7 Å². The Morgan fingerprint density at radius 3 is 3.00 bits per heavy atom. The predicted molar refractivity (Wildman–Crippen MR) is 57.7 cm³/mol. The van der Waals surface area contributed by atoms with Crippen LogP contribution in [0.4, 0.5) is 0 Å². The standard InChI is InChI=1S/C11H16N2O2/c1-5-8(3)15-11(14)9-7-13(4)12-10(9)6-2/h5,7-8H,1,6H2,2-4H3/t8-/m1/s1. The van der Waals surface area contributed by atoms with E-state index >= 15 is 0 Å².